The Hall–Kier alpha value is -0.700. The minimum atomic E-state index is 0.120. The summed E-state index contributed by atoms with van der Waals surface area (Å²) >= 11 is 0.120. The first-order chi connectivity index (χ1) is 4.33. The number of hydrogen-bond donors (Lipinski definition) is 0. The fraction of sp³-hybridized carbons (Fsp3) is 0. The molecule has 9 heavy (non-hydrogen) atoms. The second-order valence-electron chi connectivity index (χ2n) is 0.725. The predicted molar refractivity (Wildman–Crippen MR) is 40.4 cm³/mol. The SMILES string of the molecule is C=COC=C.C=CSF. The van der Waals surface area contributed by atoms with Crippen LogP contribution in [0.1, 0.15) is 0 Å². The average Bonchev–Trinajstić information content (AvgIpc) is 1.91. The zero-order valence-electron chi connectivity index (χ0n) is 5.05. The molecule has 0 aromatic rings. The van der Waals surface area contributed by atoms with Gasteiger partial charge in [-0.15, -0.1) is 0 Å². The summed E-state index contributed by atoms with van der Waals surface area (Å²) in [5, 5.41) is 1.12. The van der Waals surface area contributed by atoms with Gasteiger partial charge in [-0.3, -0.25) is 0 Å². The van der Waals surface area contributed by atoms with E-state index in [4.69, 9.17) is 0 Å². The molecule has 3 heteroatoms. The van der Waals surface area contributed by atoms with Crippen LogP contribution in [0.3, 0.4) is 0 Å². The quantitative estimate of drug-likeness (QED) is 0.569. The lowest BCUT2D eigenvalue weighted by molar-refractivity contribution is 0.406. The minimum absolute atomic E-state index is 0.120. The molecule has 0 fully saturated rings. The van der Waals surface area contributed by atoms with Crippen LogP contribution in [0.5, 0.6) is 0 Å². The largest absolute Gasteiger partial charge is 0.474 e. The van der Waals surface area contributed by atoms with E-state index in [1.54, 1.807) is 0 Å². The Kier molecular flexibility index (Phi) is 19.4. The maximum Gasteiger partial charge on any atom is 0.0829 e. The van der Waals surface area contributed by atoms with Crippen LogP contribution in [0.4, 0.5) is 3.89 Å². The molecule has 0 radical (unpaired) electrons. The van der Waals surface area contributed by atoms with Crippen LogP contribution < -0.4 is 0 Å². The van der Waals surface area contributed by atoms with Gasteiger partial charge in [0.05, 0.1) is 24.7 Å². The van der Waals surface area contributed by atoms with E-state index in [2.05, 4.69) is 24.5 Å². The van der Waals surface area contributed by atoms with Crippen molar-refractivity contribution in [2.75, 3.05) is 0 Å². The van der Waals surface area contributed by atoms with Crippen LogP contribution in [-0.4, -0.2) is 0 Å². The second kappa shape index (κ2) is 15.7. The summed E-state index contributed by atoms with van der Waals surface area (Å²) in [6, 6.07) is 0. The summed E-state index contributed by atoms with van der Waals surface area (Å²) in [5.74, 6) is 0. The Morgan fingerprint density at radius 1 is 1.22 bits per heavy atom. The van der Waals surface area contributed by atoms with Crippen molar-refractivity contribution in [3.05, 3.63) is 37.7 Å². The summed E-state index contributed by atoms with van der Waals surface area (Å²) in [7, 11) is 0. The number of rotatable bonds is 3. The Morgan fingerprint density at radius 3 is 1.56 bits per heavy atom. The van der Waals surface area contributed by atoms with E-state index in [-0.39, 0.29) is 12.1 Å². The van der Waals surface area contributed by atoms with Crippen molar-refractivity contribution in [3.63, 3.8) is 0 Å². The first-order valence-corrected chi connectivity index (χ1v) is 2.87. The van der Waals surface area contributed by atoms with Crippen LogP contribution in [0.2, 0.25) is 0 Å². The average molecular weight is 148 g/mol. The molecule has 0 spiro atoms. The van der Waals surface area contributed by atoms with Crippen molar-refractivity contribution >= 4 is 12.1 Å². The van der Waals surface area contributed by atoms with E-state index in [1.807, 2.05) is 0 Å². The molecule has 0 N–H and O–H groups in total. The summed E-state index contributed by atoms with van der Waals surface area (Å²) in [5.41, 5.74) is 0. The standard InChI is InChI=1S/C4H6O.C2H3FS/c1-3-5-4-2;1-2-4-3/h3-4H,1-2H2;2H,1H2. The molecule has 0 aliphatic heterocycles. The van der Waals surface area contributed by atoms with E-state index >= 15 is 0 Å². The molecule has 0 saturated carbocycles. The summed E-state index contributed by atoms with van der Waals surface area (Å²) < 4.78 is 14.9. The van der Waals surface area contributed by atoms with E-state index in [9.17, 15) is 3.89 Å². The highest BCUT2D eigenvalue weighted by Gasteiger charge is 1.51. The fourth-order valence-electron chi connectivity index (χ4n) is 0.0680. The Bertz CT molecular complexity index is 77.1. The molecule has 0 aliphatic rings. The van der Waals surface area contributed by atoms with Gasteiger partial charge in [-0.2, -0.15) is 3.89 Å². The zero-order valence-corrected chi connectivity index (χ0v) is 5.86. The van der Waals surface area contributed by atoms with E-state index in [0.29, 0.717) is 0 Å². The molecular formula is C6H9FOS. The Morgan fingerprint density at radius 2 is 1.56 bits per heavy atom. The normalized spacial score (nSPS) is 5.89. The van der Waals surface area contributed by atoms with Gasteiger partial charge < -0.3 is 4.74 Å². The topological polar surface area (TPSA) is 9.23 Å². The third kappa shape index (κ3) is 38.8. The highest BCUT2D eigenvalue weighted by Crippen LogP contribution is 1.96. The predicted octanol–water partition coefficient (Wildman–Crippen LogP) is 3.04. The summed E-state index contributed by atoms with van der Waals surface area (Å²) in [4.78, 5) is 0. The molecule has 1 nitrogen and oxygen atoms in total. The molecule has 0 atom stereocenters. The van der Waals surface area contributed by atoms with Gasteiger partial charge in [0.1, 0.15) is 0 Å². The van der Waals surface area contributed by atoms with Crippen LogP contribution in [-0.2, 0) is 4.74 Å². The van der Waals surface area contributed by atoms with E-state index in [0.717, 1.165) is 5.41 Å². The van der Waals surface area contributed by atoms with Crippen molar-refractivity contribution in [2.45, 2.75) is 0 Å². The fourth-order valence-corrected chi connectivity index (χ4v) is 0.0680. The molecule has 52 valence electrons. The van der Waals surface area contributed by atoms with Gasteiger partial charge in [0.15, 0.2) is 0 Å². The zero-order chi connectivity index (χ0) is 7.54. The molecule has 0 amide bonds. The third-order valence-electron chi connectivity index (χ3n) is 0.255. The molecule has 0 aliphatic carbocycles. The highest BCUT2D eigenvalue weighted by atomic mass is 32.2. The van der Waals surface area contributed by atoms with Crippen molar-refractivity contribution in [1.29, 1.82) is 0 Å². The molecule has 0 bridgehead atoms. The lowest BCUT2D eigenvalue weighted by Crippen LogP contribution is -1.52. The van der Waals surface area contributed by atoms with Crippen LogP contribution in [0, 0.1) is 0 Å². The third-order valence-corrected chi connectivity index (χ3v) is 0.381. The van der Waals surface area contributed by atoms with Gasteiger partial charge in [0.25, 0.3) is 0 Å². The van der Waals surface area contributed by atoms with Gasteiger partial charge in [0, 0.05) is 0 Å². The van der Waals surface area contributed by atoms with E-state index < -0.39 is 0 Å². The Labute approximate surface area is 59.2 Å². The highest BCUT2D eigenvalue weighted by molar-refractivity contribution is 7.97. The van der Waals surface area contributed by atoms with E-state index in [1.165, 1.54) is 12.5 Å². The monoisotopic (exact) mass is 148 g/mol. The van der Waals surface area contributed by atoms with Gasteiger partial charge >= 0.3 is 0 Å². The molecule has 0 rings (SSSR count). The molecule has 0 heterocycles. The van der Waals surface area contributed by atoms with Crippen molar-refractivity contribution in [3.8, 4) is 0 Å². The second-order valence-corrected chi connectivity index (χ2v) is 1.24. The smallest absolute Gasteiger partial charge is 0.0829 e. The molecule has 0 unspecified atom stereocenters. The van der Waals surface area contributed by atoms with Crippen molar-refractivity contribution in [1.82, 2.24) is 0 Å². The lowest BCUT2D eigenvalue weighted by Gasteiger charge is -1.76. The first-order valence-electron chi connectivity index (χ1n) is 2.09. The van der Waals surface area contributed by atoms with Crippen molar-refractivity contribution in [2.24, 2.45) is 0 Å². The van der Waals surface area contributed by atoms with Crippen LogP contribution >= 0.6 is 12.1 Å². The summed E-state index contributed by atoms with van der Waals surface area (Å²) in [6.45, 7) is 9.58. The first kappa shape index (κ1) is 11.1. The molecular weight excluding hydrogens is 139 g/mol. The summed E-state index contributed by atoms with van der Waals surface area (Å²) in [6.07, 6.45) is 2.62. The molecule has 0 aromatic carbocycles. The van der Waals surface area contributed by atoms with Crippen LogP contribution in [0.25, 0.3) is 0 Å². The minimum Gasteiger partial charge on any atom is -0.474 e. The maximum atomic E-state index is 10.5. The molecule has 0 saturated heterocycles. The number of hydrogen-bond acceptors (Lipinski definition) is 2. The maximum absolute atomic E-state index is 10.5. The van der Waals surface area contributed by atoms with Gasteiger partial charge in [-0.25, -0.2) is 0 Å². The Balaban J connectivity index is 0. The van der Waals surface area contributed by atoms with Gasteiger partial charge in [0.2, 0.25) is 0 Å². The lowest BCUT2D eigenvalue weighted by atomic mass is 11.1. The van der Waals surface area contributed by atoms with Crippen LogP contribution in [0.15, 0.2) is 37.7 Å². The van der Waals surface area contributed by atoms with Gasteiger partial charge in [-0.1, -0.05) is 19.7 Å². The molecule has 0 aromatic heterocycles. The number of halogens is 1. The van der Waals surface area contributed by atoms with Gasteiger partial charge in [-0.05, 0) is 5.41 Å². The van der Waals surface area contributed by atoms with Crippen molar-refractivity contribution < 1.29 is 8.62 Å². The number of ether oxygens (including phenoxy) is 1.